The van der Waals surface area contributed by atoms with Crippen LogP contribution in [0.4, 0.5) is 0 Å². The number of aromatic nitrogens is 3. The molecule has 0 bridgehead atoms. The topological polar surface area (TPSA) is 88.9 Å². The van der Waals surface area contributed by atoms with Gasteiger partial charge in [0.25, 0.3) is 5.91 Å². The average molecular weight is 347 g/mol. The molecule has 3 aromatic rings. The van der Waals surface area contributed by atoms with Crippen LogP contribution >= 0.6 is 0 Å². The maximum atomic E-state index is 12.4. The van der Waals surface area contributed by atoms with Crippen LogP contribution in [0.25, 0.3) is 5.82 Å². The van der Waals surface area contributed by atoms with Crippen LogP contribution in [0, 0.1) is 0 Å². The summed E-state index contributed by atoms with van der Waals surface area (Å²) in [7, 11) is 0. The van der Waals surface area contributed by atoms with Crippen molar-refractivity contribution < 1.29 is 9.59 Å². The van der Waals surface area contributed by atoms with Gasteiger partial charge in [-0.3, -0.25) is 14.2 Å². The van der Waals surface area contributed by atoms with Crippen LogP contribution in [0.15, 0.2) is 61.3 Å². The molecule has 26 heavy (non-hydrogen) atoms. The van der Waals surface area contributed by atoms with Crippen molar-refractivity contribution in [1.29, 1.82) is 0 Å². The van der Waals surface area contributed by atoms with E-state index >= 15 is 0 Å². The van der Waals surface area contributed by atoms with E-state index in [0.29, 0.717) is 12.1 Å². The molecule has 1 atom stereocenters. The lowest BCUT2D eigenvalue weighted by Crippen LogP contribution is -2.29. The van der Waals surface area contributed by atoms with Crippen molar-refractivity contribution in [3.63, 3.8) is 0 Å². The zero-order chi connectivity index (χ0) is 17.9. The van der Waals surface area contributed by atoms with Gasteiger partial charge in [0.1, 0.15) is 12.1 Å². The Kier molecular flexibility index (Phi) is 4.18. The third-order valence-electron chi connectivity index (χ3n) is 4.37. The highest BCUT2D eigenvalue weighted by molar-refractivity contribution is 5.99. The molecule has 2 N–H and O–H groups in total. The minimum absolute atomic E-state index is 0.131. The van der Waals surface area contributed by atoms with E-state index in [2.05, 4.69) is 20.6 Å². The summed E-state index contributed by atoms with van der Waals surface area (Å²) >= 11 is 0. The molecule has 7 nitrogen and oxygen atoms in total. The summed E-state index contributed by atoms with van der Waals surface area (Å²) in [6, 6.07) is 10.8. The van der Waals surface area contributed by atoms with Crippen LogP contribution in [0.2, 0.25) is 0 Å². The van der Waals surface area contributed by atoms with Crippen molar-refractivity contribution >= 4 is 11.8 Å². The van der Waals surface area contributed by atoms with Gasteiger partial charge in [0.05, 0.1) is 12.5 Å². The predicted molar refractivity (Wildman–Crippen MR) is 94.5 cm³/mol. The molecule has 1 aliphatic rings. The Morgan fingerprint density at radius 3 is 2.92 bits per heavy atom. The second kappa shape index (κ2) is 6.79. The summed E-state index contributed by atoms with van der Waals surface area (Å²) in [5, 5.41) is 5.77. The smallest absolute Gasteiger partial charge is 0.252 e. The first-order chi connectivity index (χ1) is 12.7. The fourth-order valence-corrected chi connectivity index (χ4v) is 3.12. The van der Waals surface area contributed by atoms with E-state index in [1.54, 1.807) is 35.6 Å². The van der Waals surface area contributed by atoms with Crippen molar-refractivity contribution in [1.82, 2.24) is 25.2 Å². The van der Waals surface area contributed by atoms with Crippen LogP contribution < -0.4 is 10.6 Å². The predicted octanol–water partition coefficient (Wildman–Crippen LogP) is 1.76. The number of amides is 2. The fourth-order valence-electron chi connectivity index (χ4n) is 3.12. The van der Waals surface area contributed by atoms with E-state index < -0.39 is 0 Å². The molecule has 0 saturated heterocycles. The number of hydrogen-bond donors (Lipinski definition) is 2. The highest BCUT2D eigenvalue weighted by Crippen LogP contribution is 2.27. The SMILES string of the molecule is O=C(C[C@H]1NC(=O)c2ccccc21)NCc1cccnc1-n1ccnc1. The number of imidazole rings is 1. The molecule has 0 unspecified atom stereocenters. The van der Waals surface area contributed by atoms with Gasteiger partial charge in [0, 0.05) is 36.3 Å². The Morgan fingerprint density at radius 1 is 1.19 bits per heavy atom. The van der Waals surface area contributed by atoms with Gasteiger partial charge in [-0.15, -0.1) is 0 Å². The Hall–Kier alpha value is -3.48. The molecule has 1 aliphatic heterocycles. The zero-order valence-electron chi connectivity index (χ0n) is 13.9. The summed E-state index contributed by atoms with van der Waals surface area (Å²) in [6.45, 7) is 0.350. The average Bonchev–Trinajstić information content (AvgIpc) is 3.30. The fraction of sp³-hybridized carbons (Fsp3) is 0.158. The van der Waals surface area contributed by atoms with E-state index in [1.807, 2.05) is 30.3 Å². The number of carbonyl (C=O) groups excluding carboxylic acids is 2. The standard InChI is InChI=1S/C19H17N5O2/c25-17(10-16-14-5-1-2-6-15(14)19(26)23-16)22-11-13-4-3-7-21-18(13)24-9-8-20-12-24/h1-9,12,16H,10-11H2,(H,22,25)(H,23,26)/t16-/m1/s1. The summed E-state index contributed by atoms with van der Waals surface area (Å²) in [6.07, 6.45) is 7.05. The second-order valence-electron chi connectivity index (χ2n) is 6.05. The molecule has 130 valence electrons. The molecule has 0 aliphatic carbocycles. The number of nitrogens with zero attached hydrogens (tertiary/aromatic N) is 3. The summed E-state index contributed by atoms with van der Waals surface area (Å²) < 4.78 is 1.80. The number of pyridine rings is 1. The molecule has 0 spiro atoms. The maximum Gasteiger partial charge on any atom is 0.252 e. The van der Waals surface area contributed by atoms with E-state index in [1.165, 1.54) is 0 Å². The Balaban J connectivity index is 1.42. The lowest BCUT2D eigenvalue weighted by Gasteiger charge is -2.13. The summed E-state index contributed by atoms with van der Waals surface area (Å²) in [5.74, 6) is 0.463. The van der Waals surface area contributed by atoms with Crippen molar-refractivity contribution in [2.45, 2.75) is 19.0 Å². The molecule has 1 aromatic carbocycles. The largest absolute Gasteiger partial charge is 0.352 e. The first kappa shape index (κ1) is 16.0. The Bertz CT molecular complexity index is 952. The molecular weight excluding hydrogens is 330 g/mol. The van der Waals surface area contributed by atoms with Crippen molar-refractivity contribution in [2.75, 3.05) is 0 Å². The van der Waals surface area contributed by atoms with E-state index in [9.17, 15) is 9.59 Å². The number of rotatable bonds is 5. The van der Waals surface area contributed by atoms with Crippen LogP contribution in [0.5, 0.6) is 0 Å². The molecule has 7 heteroatoms. The number of benzene rings is 1. The lowest BCUT2D eigenvalue weighted by atomic mass is 10.0. The van der Waals surface area contributed by atoms with Crippen LogP contribution in [-0.4, -0.2) is 26.3 Å². The van der Waals surface area contributed by atoms with Crippen LogP contribution in [0.3, 0.4) is 0 Å². The molecule has 2 aromatic heterocycles. The lowest BCUT2D eigenvalue weighted by molar-refractivity contribution is -0.121. The second-order valence-corrected chi connectivity index (χ2v) is 6.05. The van der Waals surface area contributed by atoms with Crippen LogP contribution in [-0.2, 0) is 11.3 Å². The third-order valence-corrected chi connectivity index (χ3v) is 4.37. The molecule has 4 rings (SSSR count). The first-order valence-electron chi connectivity index (χ1n) is 8.31. The van der Waals surface area contributed by atoms with Crippen molar-refractivity contribution in [3.8, 4) is 5.82 Å². The number of fused-ring (bicyclic) bond motifs is 1. The van der Waals surface area contributed by atoms with Gasteiger partial charge < -0.3 is 10.6 Å². The minimum Gasteiger partial charge on any atom is -0.352 e. The van der Waals surface area contributed by atoms with Gasteiger partial charge in [-0.05, 0) is 17.7 Å². The van der Waals surface area contributed by atoms with E-state index in [4.69, 9.17) is 0 Å². The zero-order valence-corrected chi connectivity index (χ0v) is 13.9. The first-order valence-corrected chi connectivity index (χ1v) is 8.31. The van der Waals surface area contributed by atoms with Gasteiger partial charge in [-0.2, -0.15) is 0 Å². The molecule has 0 radical (unpaired) electrons. The van der Waals surface area contributed by atoms with Gasteiger partial charge >= 0.3 is 0 Å². The molecular formula is C19H17N5O2. The number of carbonyl (C=O) groups is 2. The molecule has 0 saturated carbocycles. The minimum atomic E-state index is -0.291. The monoisotopic (exact) mass is 347 g/mol. The van der Waals surface area contributed by atoms with Crippen molar-refractivity contribution in [2.24, 2.45) is 0 Å². The highest BCUT2D eigenvalue weighted by Gasteiger charge is 2.29. The molecule has 2 amide bonds. The van der Waals surface area contributed by atoms with E-state index in [0.717, 1.165) is 16.9 Å². The quantitative estimate of drug-likeness (QED) is 0.736. The third kappa shape index (κ3) is 3.06. The number of hydrogen-bond acceptors (Lipinski definition) is 4. The van der Waals surface area contributed by atoms with E-state index in [-0.39, 0.29) is 24.3 Å². The maximum absolute atomic E-state index is 12.4. The normalized spacial score (nSPS) is 15.4. The molecule has 3 heterocycles. The summed E-state index contributed by atoms with van der Waals surface area (Å²) in [5.41, 5.74) is 2.39. The molecule has 0 fully saturated rings. The summed E-state index contributed by atoms with van der Waals surface area (Å²) in [4.78, 5) is 32.7. The van der Waals surface area contributed by atoms with Gasteiger partial charge in [0.15, 0.2) is 0 Å². The number of nitrogens with one attached hydrogen (secondary N) is 2. The van der Waals surface area contributed by atoms with Crippen LogP contribution in [0.1, 0.15) is 33.9 Å². The Labute approximate surface area is 150 Å². The van der Waals surface area contributed by atoms with Gasteiger partial charge in [-0.25, -0.2) is 9.97 Å². The van der Waals surface area contributed by atoms with Crippen molar-refractivity contribution in [3.05, 3.63) is 78.0 Å². The van der Waals surface area contributed by atoms with Gasteiger partial charge in [-0.1, -0.05) is 24.3 Å². The highest BCUT2D eigenvalue weighted by atomic mass is 16.2. The van der Waals surface area contributed by atoms with Gasteiger partial charge in [0.2, 0.25) is 5.91 Å². The Morgan fingerprint density at radius 2 is 2.08 bits per heavy atom.